The Bertz CT molecular complexity index is 1320. The van der Waals surface area contributed by atoms with E-state index in [-0.39, 0.29) is 17.1 Å². The number of fused-ring (bicyclic) bond motifs is 1. The second-order valence-corrected chi connectivity index (χ2v) is 12.1. The van der Waals surface area contributed by atoms with Crippen molar-refractivity contribution in [2.75, 3.05) is 19.5 Å². The van der Waals surface area contributed by atoms with Crippen LogP contribution in [0.2, 0.25) is 0 Å². The van der Waals surface area contributed by atoms with Gasteiger partial charge in [-0.05, 0) is 13.8 Å². The smallest absolute Gasteiger partial charge is 0.387 e. The number of phosphoric ester groups is 1. The van der Waals surface area contributed by atoms with Gasteiger partial charge in [0.25, 0.3) is 5.56 Å². The van der Waals surface area contributed by atoms with Crippen LogP contribution in [0, 0.1) is 0 Å². The first-order valence-electron chi connectivity index (χ1n) is 9.24. The van der Waals surface area contributed by atoms with E-state index in [4.69, 9.17) is 25.0 Å². The number of methoxy groups -OCH3 is 1. The lowest BCUT2D eigenvalue weighted by molar-refractivity contribution is -0.125. The molecule has 0 radical (unpaired) electrons. The van der Waals surface area contributed by atoms with E-state index in [1.165, 1.54) is 25.5 Å². The molecule has 0 spiro atoms. The van der Waals surface area contributed by atoms with Crippen LogP contribution in [0.5, 0.6) is 0 Å². The molecule has 1 fully saturated rings. The third-order valence-electron chi connectivity index (χ3n) is 5.07. The van der Waals surface area contributed by atoms with Crippen LogP contribution in [0.15, 0.2) is 11.1 Å². The Morgan fingerprint density at radius 1 is 1.20 bits per heavy atom. The number of hydrogen-bond donors (Lipinski definition) is 7. The fourth-order valence-corrected chi connectivity index (χ4v) is 6.58. The second kappa shape index (κ2) is 9.08. The predicted molar refractivity (Wildman–Crippen MR) is 112 cm³/mol. The molecule has 0 aromatic carbocycles. The van der Waals surface area contributed by atoms with Crippen LogP contribution in [0.4, 0.5) is 5.95 Å². The molecule has 35 heavy (non-hydrogen) atoms. The molecule has 0 aliphatic carbocycles. The number of phosphoric acid groups is 3. The van der Waals surface area contributed by atoms with Gasteiger partial charge in [0, 0.05) is 7.11 Å². The quantitative estimate of drug-likeness (QED) is 0.181. The van der Waals surface area contributed by atoms with Crippen molar-refractivity contribution in [3.63, 3.8) is 0 Å². The number of aliphatic hydroxyl groups excluding tert-OH is 1. The number of imidazole rings is 1. The summed E-state index contributed by atoms with van der Waals surface area (Å²) in [5.41, 5.74) is 1.31. The van der Waals surface area contributed by atoms with E-state index in [1.54, 1.807) is 0 Å². The van der Waals surface area contributed by atoms with Gasteiger partial charge in [-0.2, -0.15) is 13.6 Å². The first kappa shape index (κ1) is 28.0. The van der Waals surface area contributed by atoms with Crippen LogP contribution in [0.3, 0.4) is 0 Å². The van der Waals surface area contributed by atoms with Crippen molar-refractivity contribution in [2.24, 2.45) is 0 Å². The maximum absolute atomic E-state index is 12.1. The SMILES string of the molecule is CO[C@@]1(C)[C@H](n2cnc3c(=O)[nH]c(N)nc32)O[C@](C)(COP(=O)(O)OP(=O)(O)OP(=O)(O)O)[C@H]1O. The Labute approximate surface area is 195 Å². The minimum atomic E-state index is -5.75. The zero-order valence-electron chi connectivity index (χ0n) is 18.1. The van der Waals surface area contributed by atoms with Crippen LogP contribution >= 0.6 is 23.5 Å². The van der Waals surface area contributed by atoms with Crippen LogP contribution in [-0.2, 0) is 36.3 Å². The van der Waals surface area contributed by atoms with Gasteiger partial charge >= 0.3 is 23.5 Å². The molecule has 0 saturated carbocycles. The molecule has 2 aromatic rings. The number of nitrogens with one attached hydrogen (secondary N) is 1. The maximum atomic E-state index is 12.1. The fourth-order valence-electron chi connectivity index (χ4n) is 3.46. The number of hydrogen-bond acceptors (Lipinski definition) is 13. The highest BCUT2D eigenvalue weighted by molar-refractivity contribution is 7.66. The number of nitrogens with two attached hydrogens (primary N) is 1. The molecule has 1 saturated heterocycles. The van der Waals surface area contributed by atoms with Gasteiger partial charge in [-0.1, -0.05) is 0 Å². The van der Waals surface area contributed by atoms with E-state index < -0.39 is 59.2 Å². The lowest BCUT2D eigenvalue weighted by Gasteiger charge is -2.33. The first-order chi connectivity index (χ1) is 15.8. The van der Waals surface area contributed by atoms with Crippen LogP contribution < -0.4 is 11.3 Å². The third kappa shape index (κ3) is 5.73. The molecule has 19 nitrogen and oxygen atoms in total. The Kier molecular flexibility index (Phi) is 7.27. The van der Waals surface area contributed by atoms with Crippen molar-refractivity contribution >= 4 is 40.6 Å². The first-order valence-corrected chi connectivity index (χ1v) is 13.8. The summed E-state index contributed by atoms with van der Waals surface area (Å²) >= 11 is 0. The third-order valence-corrected chi connectivity index (χ3v) is 8.85. The topological polar surface area (TPSA) is 288 Å². The molecule has 8 N–H and O–H groups in total. The number of rotatable bonds is 9. The average molecular weight is 565 g/mol. The summed E-state index contributed by atoms with van der Waals surface area (Å²) in [7, 11) is -15.6. The number of aliphatic hydroxyl groups is 1. The Morgan fingerprint density at radius 3 is 2.40 bits per heavy atom. The van der Waals surface area contributed by atoms with Crippen molar-refractivity contribution in [1.29, 1.82) is 0 Å². The molecule has 2 aromatic heterocycles. The summed E-state index contributed by atoms with van der Waals surface area (Å²) in [6.07, 6.45) is -1.72. The standard InChI is InChI=1S/C13H22N5O14P3/c1-12(4-29-34(24,25)32-35(26,27)31-33(21,22)23)9(20)13(2,28-3)10(30-12)18-5-15-6-7(18)16-11(14)17-8(6)19/h5,9-10,20H,4H2,1-3H3,(H,24,25)(H,26,27)(H2,21,22,23)(H3,14,16,17,19)/t9-,10-,12-,13-/m1/s1. The van der Waals surface area contributed by atoms with Crippen LogP contribution in [-0.4, -0.2) is 75.2 Å². The highest BCUT2D eigenvalue weighted by Crippen LogP contribution is 2.66. The van der Waals surface area contributed by atoms with E-state index in [9.17, 15) is 33.4 Å². The van der Waals surface area contributed by atoms with E-state index in [1.807, 2.05) is 0 Å². The summed E-state index contributed by atoms with van der Waals surface area (Å²) < 4.78 is 58.9. The van der Waals surface area contributed by atoms with Gasteiger partial charge in [-0.15, -0.1) is 0 Å². The highest BCUT2D eigenvalue weighted by Gasteiger charge is 2.61. The molecular weight excluding hydrogens is 543 g/mol. The largest absolute Gasteiger partial charge is 0.490 e. The highest BCUT2D eigenvalue weighted by atomic mass is 31.3. The van der Waals surface area contributed by atoms with Crippen molar-refractivity contribution in [2.45, 2.75) is 37.4 Å². The minimum absolute atomic E-state index is 0.0381. The molecule has 1 aliphatic rings. The number of nitrogens with zero attached hydrogens (tertiary/aromatic N) is 3. The Morgan fingerprint density at radius 2 is 1.83 bits per heavy atom. The lowest BCUT2D eigenvalue weighted by atomic mass is 9.89. The molecule has 6 atom stereocenters. The monoisotopic (exact) mass is 565 g/mol. The molecular formula is C13H22N5O14P3. The maximum Gasteiger partial charge on any atom is 0.490 e. The summed E-state index contributed by atoms with van der Waals surface area (Å²) in [5.74, 6) is -0.239. The summed E-state index contributed by atoms with van der Waals surface area (Å²) in [6, 6.07) is 0. The second-order valence-electron chi connectivity index (χ2n) is 7.71. The zero-order chi connectivity index (χ0) is 26.6. The molecule has 22 heteroatoms. The normalized spacial score (nSPS) is 30.9. The average Bonchev–Trinajstić information content (AvgIpc) is 3.18. The van der Waals surface area contributed by atoms with Crippen molar-refractivity contribution in [1.82, 2.24) is 19.5 Å². The van der Waals surface area contributed by atoms with Gasteiger partial charge in [0.15, 0.2) is 17.4 Å². The molecule has 0 amide bonds. The minimum Gasteiger partial charge on any atom is -0.387 e. The molecule has 198 valence electrons. The summed E-state index contributed by atoms with van der Waals surface area (Å²) in [5, 5.41) is 11.0. The molecule has 0 bridgehead atoms. The zero-order valence-corrected chi connectivity index (χ0v) is 20.8. The Balaban J connectivity index is 1.88. The number of nitrogen functional groups attached to an aromatic ring is 1. The van der Waals surface area contributed by atoms with E-state index >= 15 is 0 Å². The van der Waals surface area contributed by atoms with Crippen molar-refractivity contribution in [3.05, 3.63) is 16.7 Å². The van der Waals surface area contributed by atoms with Gasteiger partial charge in [-0.3, -0.25) is 18.9 Å². The van der Waals surface area contributed by atoms with Gasteiger partial charge in [0.1, 0.15) is 17.3 Å². The van der Waals surface area contributed by atoms with Crippen LogP contribution in [0.25, 0.3) is 11.2 Å². The molecule has 2 unspecified atom stereocenters. The summed E-state index contributed by atoms with van der Waals surface area (Å²) in [6.45, 7) is 1.66. The summed E-state index contributed by atoms with van der Waals surface area (Å²) in [4.78, 5) is 58.5. The number of anilines is 1. The number of ether oxygens (including phenoxy) is 2. The fraction of sp³-hybridized carbons (Fsp3) is 0.615. The van der Waals surface area contributed by atoms with Gasteiger partial charge in [0.05, 0.1) is 12.9 Å². The van der Waals surface area contributed by atoms with E-state index in [0.29, 0.717) is 0 Å². The molecule has 3 heterocycles. The van der Waals surface area contributed by atoms with Gasteiger partial charge in [-0.25, -0.2) is 18.7 Å². The number of aromatic nitrogens is 4. The number of H-pyrrole nitrogens is 1. The van der Waals surface area contributed by atoms with E-state index in [0.717, 1.165) is 6.33 Å². The lowest BCUT2D eigenvalue weighted by Crippen LogP contribution is -2.51. The van der Waals surface area contributed by atoms with Crippen molar-refractivity contribution in [3.8, 4) is 0 Å². The van der Waals surface area contributed by atoms with Gasteiger partial charge < -0.3 is 39.9 Å². The predicted octanol–water partition coefficient (Wildman–Crippen LogP) is -0.901. The van der Waals surface area contributed by atoms with Crippen LogP contribution in [0.1, 0.15) is 20.1 Å². The molecule has 1 aliphatic heterocycles. The molecule has 3 rings (SSSR count). The number of aromatic amines is 1. The van der Waals surface area contributed by atoms with E-state index in [2.05, 4.69) is 28.1 Å². The Hall–Kier alpha value is -1.56. The van der Waals surface area contributed by atoms with Crippen molar-refractivity contribution < 1.29 is 61.0 Å². The van der Waals surface area contributed by atoms with Gasteiger partial charge in [0.2, 0.25) is 5.95 Å².